The summed E-state index contributed by atoms with van der Waals surface area (Å²) in [5.74, 6) is 2.27. The largest absolute Gasteiger partial charge is 0.454 e. The molecule has 0 unspecified atom stereocenters. The molecule has 118 valence electrons. The summed E-state index contributed by atoms with van der Waals surface area (Å²) in [6.07, 6.45) is 0. The fourth-order valence-electron chi connectivity index (χ4n) is 2.81. The van der Waals surface area contributed by atoms with Crippen LogP contribution < -0.4 is 14.8 Å². The van der Waals surface area contributed by atoms with Gasteiger partial charge in [-0.1, -0.05) is 30.3 Å². The number of ether oxygens (including phenoxy) is 2. The highest BCUT2D eigenvalue weighted by Gasteiger charge is 2.14. The number of fused-ring (bicyclic) bond motifs is 4. The van der Waals surface area contributed by atoms with Crippen LogP contribution in [0.5, 0.6) is 11.5 Å². The number of benzene rings is 2. The minimum Gasteiger partial charge on any atom is -0.454 e. The predicted octanol–water partition coefficient (Wildman–Crippen LogP) is 2.01. The monoisotopic (exact) mass is 320 g/mol. The molecule has 0 spiro atoms. The second-order valence-electron chi connectivity index (χ2n) is 5.43. The number of tetrazole rings is 1. The van der Waals surface area contributed by atoms with Crippen LogP contribution in [-0.4, -0.2) is 32.0 Å². The number of rotatable bonds is 3. The van der Waals surface area contributed by atoms with E-state index >= 15 is 0 Å². The third kappa shape index (κ3) is 2.00. The molecule has 8 nitrogen and oxygen atoms in total. The number of nitrogens with zero attached hydrogens (tertiary/aromatic N) is 5. The quantitative estimate of drug-likeness (QED) is 0.618. The minimum absolute atomic E-state index is 0.272. The van der Waals surface area contributed by atoms with E-state index in [1.165, 1.54) is 4.63 Å². The summed E-state index contributed by atoms with van der Waals surface area (Å²) in [6, 6.07) is 13.8. The van der Waals surface area contributed by atoms with E-state index in [0.29, 0.717) is 12.2 Å². The van der Waals surface area contributed by atoms with E-state index in [4.69, 9.17) is 9.47 Å². The molecule has 0 saturated carbocycles. The molecule has 0 amide bonds. The first-order chi connectivity index (χ1) is 11.9. The second-order valence-corrected chi connectivity index (χ2v) is 5.43. The summed E-state index contributed by atoms with van der Waals surface area (Å²) in [5, 5.41) is 21.4. The van der Waals surface area contributed by atoms with Crippen LogP contribution >= 0.6 is 0 Å². The van der Waals surface area contributed by atoms with E-state index in [-0.39, 0.29) is 6.79 Å². The Morgan fingerprint density at radius 3 is 2.88 bits per heavy atom. The summed E-state index contributed by atoms with van der Waals surface area (Å²) in [6.45, 7) is 0.871. The van der Waals surface area contributed by atoms with Crippen LogP contribution in [0.3, 0.4) is 0 Å². The number of anilines is 1. The van der Waals surface area contributed by atoms with Gasteiger partial charge in [-0.3, -0.25) is 0 Å². The zero-order valence-electron chi connectivity index (χ0n) is 12.5. The van der Waals surface area contributed by atoms with Crippen molar-refractivity contribution >= 4 is 22.2 Å². The van der Waals surface area contributed by atoms with E-state index in [9.17, 15) is 0 Å². The fraction of sp³-hybridized carbons (Fsp3) is 0.125. The molecule has 8 heteroatoms. The number of hydrogen-bond acceptors (Lipinski definition) is 7. The normalized spacial score (nSPS) is 12.8. The van der Waals surface area contributed by atoms with Crippen molar-refractivity contribution in [1.82, 2.24) is 25.3 Å². The van der Waals surface area contributed by atoms with Gasteiger partial charge in [0.1, 0.15) is 0 Å². The van der Waals surface area contributed by atoms with E-state index in [0.717, 1.165) is 33.7 Å². The maximum Gasteiger partial charge on any atom is 0.231 e. The van der Waals surface area contributed by atoms with Gasteiger partial charge in [-0.25, -0.2) is 0 Å². The Morgan fingerprint density at radius 2 is 1.92 bits per heavy atom. The number of aromatic nitrogens is 5. The molecular weight excluding hydrogens is 308 g/mol. The highest BCUT2D eigenvalue weighted by molar-refractivity contribution is 5.99. The summed E-state index contributed by atoms with van der Waals surface area (Å²) in [4.78, 5) is 0. The lowest BCUT2D eigenvalue weighted by Crippen LogP contribution is -2.06. The van der Waals surface area contributed by atoms with Gasteiger partial charge in [0.15, 0.2) is 17.3 Å². The van der Waals surface area contributed by atoms with Crippen LogP contribution in [0.4, 0.5) is 5.82 Å². The second kappa shape index (κ2) is 5.05. The molecule has 1 aliphatic rings. The Kier molecular flexibility index (Phi) is 2.75. The maximum atomic E-state index is 5.41. The Bertz CT molecular complexity index is 1060. The van der Waals surface area contributed by atoms with Crippen molar-refractivity contribution in [1.29, 1.82) is 0 Å². The molecule has 0 bridgehead atoms. The molecule has 0 atom stereocenters. The van der Waals surface area contributed by atoms with E-state index in [1.54, 1.807) is 0 Å². The molecule has 4 aromatic rings. The van der Waals surface area contributed by atoms with Gasteiger partial charge in [0.2, 0.25) is 12.4 Å². The minimum atomic E-state index is 0.272. The maximum absolute atomic E-state index is 5.41. The van der Waals surface area contributed by atoms with Gasteiger partial charge >= 0.3 is 0 Å². The van der Waals surface area contributed by atoms with Crippen LogP contribution in [0.15, 0.2) is 42.5 Å². The molecule has 24 heavy (non-hydrogen) atoms. The molecule has 1 N–H and O–H groups in total. The van der Waals surface area contributed by atoms with Crippen molar-refractivity contribution in [3.63, 3.8) is 0 Å². The number of hydrogen-bond donors (Lipinski definition) is 1. The molecule has 0 aliphatic carbocycles. The predicted molar refractivity (Wildman–Crippen MR) is 86.0 cm³/mol. The van der Waals surface area contributed by atoms with Crippen LogP contribution in [0.1, 0.15) is 5.56 Å². The lowest BCUT2D eigenvalue weighted by molar-refractivity contribution is 0.174. The van der Waals surface area contributed by atoms with E-state index in [2.05, 4.69) is 25.9 Å². The van der Waals surface area contributed by atoms with Crippen molar-refractivity contribution < 1.29 is 9.47 Å². The zero-order chi connectivity index (χ0) is 15.9. The average molecular weight is 320 g/mol. The Hall–Kier alpha value is -3.42. The van der Waals surface area contributed by atoms with Gasteiger partial charge < -0.3 is 14.8 Å². The fourth-order valence-corrected chi connectivity index (χ4v) is 2.81. The zero-order valence-corrected chi connectivity index (χ0v) is 12.5. The summed E-state index contributed by atoms with van der Waals surface area (Å²) in [5.41, 5.74) is 1.71. The first kappa shape index (κ1) is 13.1. The molecular formula is C16H12N6O2. The smallest absolute Gasteiger partial charge is 0.231 e. The third-order valence-electron chi connectivity index (χ3n) is 3.97. The van der Waals surface area contributed by atoms with Gasteiger partial charge in [0.05, 0.1) is 0 Å². The van der Waals surface area contributed by atoms with Gasteiger partial charge in [0, 0.05) is 17.3 Å². The van der Waals surface area contributed by atoms with Gasteiger partial charge in [-0.05, 0) is 28.1 Å². The lowest BCUT2D eigenvalue weighted by atomic mass is 10.1. The molecule has 0 radical (unpaired) electrons. The molecule has 2 aromatic carbocycles. The molecule has 2 aromatic heterocycles. The van der Waals surface area contributed by atoms with E-state index in [1.807, 2.05) is 42.5 Å². The Balaban J connectivity index is 1.52. The summed E-state index contributed by atoms with van der Waals surface area (Å²) in [7, 11) is 0. The van der Waals surface area contributed by atoms with Crippen molar-refractivity contribution in [2.24, 2.45) is 0 Å². The Labute approximate surface area is 136 Å². The highest BCUT2D eigenvalue weighted by Crippen LogP contribution is 2.33. The standard InChI is InChI=1S/C16H12N6O2/c1-2-4-12-11(3-1)15(19-22-16(12)18-20-21-22)17-8-10-5-6-13-14(7-10)24-9-23-13/h1-7H,8-9H2,(H,17,19). The van der Waals surface area contributed by atoms with Crippen LogP contribution in [0.2, 0.25) is 0 Å². The van der Waals surface area contributed by atoms with Crippen LogP contribution in [0.25, 0.3) is 16.4 Å². The first-order valence-corrected chi connectivity index (χ1v) is 7.48. The van der Waals surface area contributed by atoms with Gasteiger partial charge in [-0.2, -0.15) is 0 Å². The number of nitrogens with one attached hydrogen (secondary N) is 1. The van der Waals surface area contributed by atoms with Crippen molar-refractivity contribution in [2.75, 3.05) is 12.1 Å². The topological polar surface area (TPSA) is 86.5 Å². The van der Waals surface area contributed by atoms with Crippen LogP contribution in [0, 0.1) is 0 Å². The van der Waals surface area contributed by atoms with Crippen LogP contribution in [-0.2, 0) is 6.54 Å². The molecule has 5 rings (SSSR count). The van der Waals surface area contributed by atoms with Crippen molar-refractivity contribution in [3.05, 3.63) is 48.0 Å². The molecule has 0 fully saturated rings. The Morgan fingerprint density at radius 1 is 1.04 bits per heavy atom. The first-order valence-electron chi connectivity index (χ1n) is 7.48. The van der Waals surface area contributed by atoms with Crippen molar-refractivity contribution in [3.8, 4) is 11.5 Å². The lowest BCUT2D eigenvalue weighted by Gasteiger charge is -2.09. The van der Waals surface area contributed by atoms with Gasteiger partial charge in [0.25, 0.3) is 0 Å². The summed E-state index contributed by atoms with van der Waals surface area (Å²) < 4.78 is 12.2. The third-order valence-corrected chi connectivity index (χ3v) is 3.97. The highest BCUT2D eigenvalue weighted by atomic mass is 16.7. The SMILES string of the molecule is c1ccc2c(c1)c(NCc1ccc3c(c1)OCO3)nn1nnnc21. The average Bonchev–Trinajstić information content (AvgIpc) is 3.28. The van der Waals surface area contributed by atoms with E-state index < -0.39 is 0 Å². The molecule has 3 heterocycles. The molecule has 0 saturated heterocycles. The van der Waals surface area contributed by atoms with Crippen molar-refractivity contribution in [2.45, 2.75) is 6.54 Å². The molecule has 1 aliphatic heterocycles. The summed E-state index contributed by atoms with van der Waals surface area (Å²) >= 11 is 0. The van der Waals surface area contributed by atoms with Gasteiger partial charge in [-0.15, -0.1) is 14.8 Å².